The van der Waals surface area contributed by atoms with Gasteiger partial charge in [0.05, 0.1) is 13.5 Å². The first-order chi connectivity index (χ1) is 5.87. The molecular weight excluding hydrogens is 168 g/mol. The average Bonchev–Trinajstić information content (AvgIpc) is 2.00. The summed E-state index contributed by atoms with van der Waals surface area (Å²) in [5.74, 6) is -0.281. The van der Waals surface area contributed by atoms with E-state index in [4.69, 9.17) is 0 Å². The number of carbonyl (C=O) groups is 2. The summed E-state index contributed by atoms with van der Waals surface area (Å²) in [6, 6.07) is 0. The van der Waals surface area contributed by atoms with Crippen molar-refractivity contribution in [2.45, 2.75) is 27.2 Å². The number of carbonyl (C=O) groups excluding carboxylic acids is 2. The maximum Gasteiger partial charge on any atom is 0.306 e. The normalized spacial score (nSPS) is 11.7. The Morgan fingerprint density at radius 3 is 2.31 bits per heavy atom. The number of ether oxygens (including phenoxy) is 1. The molecule has 3 heteroatoms. The predicted molar refractivity (Wildman–Crippen MR) is 50.2 cm³/mol. The highest BCUT2D eigenvalue weighted by Gasteiger charge is 2.19. The Kier molecular flexibility index (Phi) is 4.38. The summed E-state index contributed by atoms with van der Waals surface area (Å²) in [6.07, 6.45) is 3.49. The van der Waals surface area contributed by atoms with Gasteiger partial charge in [-0.05, 0) is 18.4 Å². The van der Waals surface area contributed by atoms with Crippen LogP contribution in [-0.2, 0) is 14.3 Å². The fourth-order valence-electron chi connectivity index (χ4n) is 0.846. The standard InChI is InChI=1S/C10H16O3/c1-8(11)5-6-10(2,3)7-9(12)13-4/h5-6H,7H2,1-4H3. The molecule has 0 aliphatic carbocycles. The summed E-state index contributed by atoms with van der Waals surface area (Å²) >= 11 is 0. The Labute approximate surface area is 78.8 Å². The van der Waals surface area contributed by atoms with Crippen LogP contribution >= 0.6 is 0 Å². The predicted octanol–water partition coefficient (Wildman–Crippen LogP) is 1.72. The van der Waals surface area contributed by atoms with Gasteiger partial charge in [0.2, 0.25) is 0 Å². The Morgan fingerprint density at radius 1 is 1.38 bits per heavy atom. The largest absolute Gasteiger partial charge is 0.469 e. The van der Waals surface area contributed by atoms with E-state index in [0.717, 1.165) is 0 Å². The summed E-state index contributed by atoms with van der Waals surface area (Å²) in [4.78, 5) is 21.6. The molecule has 0 saturated carbocycles. The molecule has 0 aromatic rings. The van der Waals surface area contributed by atoms with Gasteiger partial charge in [0.1, 0.15) is 0 Å². The molecule has 3 nitrogen and oxygen atoms in total. The smallest absolute Gasteiger partial charge is 0.306 e. The van der Waals surface area contributed by atoms with Crippen LogP contribution in [0.25, 0.3) is 0 Å². The van der Waals surface area contributed by atoms with Crippen LogP contribution in [0.5, 0.6) is 0 Å². The van der Waals surface area contributed by atoms with Gasteiger partial charge in [0.15, 0.2) is 5.78 Å². The maximum absolute atomic E-state index is 10.9. The first kappa shape index (κ1) is 11.9. The minimum Gasteiger partial charge on any atom is -0.469 e. The summed E-state index contributed by atoms with van der Waals surface area (Å²) in [5.41, 5.74) is -0.321. The molecule has 0 atom stereocenters. The molecule has 0 heterocycles. The SMILES string of the molecule is COC(=O)CC(C)(C)C=CC(C)=O. The molecule has 74 valence electrons. The molecule has 0 aromatic carbocycles. The second kappa shape index (κ2) is 4.80. The van der Waals surface area contributed by atoms with Crippen LogP contribution in [0.3, 0.4) is 0 Å². The third kappa shape index (κ3) is 6.08. The van der Waals surface area contributed by atoms with Gasteiger partial charge < -0.3 is 4.74 Å². The quantitative estimate of drug-likeness (QED) is 0.493. The first-order valence-corrected chi connectivity index (χ1v) is 4.14. The minimum atomic E-state index is -0.321. The van der Waals surface area contributed by atoms with Gasteiger partial charge in [-0.25, -0.2) is 0 Å². The van der Waals surface area contributed by atoms with Crippen LogP contribution in [0.15, 0.2) is 12.2 Å². The number of rotatable bonds is 4. The van der Waals surface area contributed by atoms with Crippen molar-refractivity contribution < 1.29 is 14.3 Å². The Hall–Kier alpha value is -1.12. The highest BCUT2D eigenvalue weighted by Crippen LogP contribution is 2.22. The van der Waals surface area contributed by atoms with Crippen LogP contribution in [-0.4, -0.2) is 18.9 Å². The lowest BCUT2D eigenvalue weighted by atomic mass is 9.89. The third-order valence-corrected chi connectivity index (χ3v) is 1.60. The van der Waals surface area contributed by atoms with Crippen molar-refractivity contribution in [1.82, 2.24) is 0 Å². The molecule has 0 fully saturated rings. The summed E-state index contributed by atoms with van der Waals surface area (Å²) < 4.78 is 4.54. The number of methoxy groups -OCH3 is 1. The molecule has 0 amide bonds. The van der Waals surface area contributed by atoms with Crippen LogP contribution in [0.4, 0.5) is 0 Å². The van der Waals surface area contributed by atoms with Crippen molar-refractivity contribution in [2.75, 3.05) is 7.11 Å². The van der Waals surface area contributed by atoms with Gasteiger partial charge in [0.25, 0.3) is 0 Å². The number of hydrogen-bond donors (Lipinski definition) is 0. The highest BCUT2D eigenvalue weighted by atomic mass is 16.5. The Morgan fingerprint density at radius 2 is 1.92 bits per heavy atom. The van der Waals surface area contributed by atoms with Gasteiger partial charge in [-0.15, -0.1) is 0 Å². The molecule has 0 bridgehead atoms. The van der Waals surface area contributed by atoms with Crippen molar-refractivity contribution >= 4 is 11.8 Å². The van der Waals surface area contributed by atoms with Crippen molar-refractivity contribution in [2.24, 2.45) is 5.41 Å². The molecular formula is C10H16O3. The molecule has 0 radical (unpaired) electrons. The van der Waals surface area contributed by atoms with E-state index in [2.05, 4.69) is 4.74 Å². The Bertz CT molecular complexity index is 226. The zero-order valence-electron chi connectivity index (χ0n) is 8.59. The summed E-state index contributed by atoms with van der Waals surface area (Å²) in [7, 11) is 1.35. The van der Waals surface area contributed by atoms with Gasteiger partial charge >= 0.3 is 5.97 Å². The lowest BCUT2D eigenvalue weighted by Gasteiger charge is -2.17. The highest BCUT2D eigenvalue weighted by molar-refractivity contribution is 5.87. The first-order valence-electron chi connectivity index (χ1n) is 4.14. The molecule has 0 aromatic heterocycles. The lowest BCUT2D eigenvalue weighted by molar-refractivity contribution is -0.142. The van der Waals surface area contributed by atoms with E-state index in [1.807, 2.05) is 13.8 Å². The van der Waals surface area contributed by atoms with Gasteiger partial charge in [0, 0.05) is 0 Å². The molecule has 0 unspecified atom stereocenters. The van der Waals surface area contributed by atoms with Crippen LogP contribution in [0.1, 0.15) is 27.2 Å². The van der Waals surface area contributed by atoms with Crippen molar-refractivity contribution in [3.63, 3.8) is 0 Å². The topological polar surface area (TPSA) is 43.4 Å². The van der Waals surface area contributed by atoms with Crippen LogP contribution in [0, 0.1) is 5.41 Å². The Balaban J connectivity index is 4.23. The van der Waals surface area contributed by atoms with Gasteiger partial charge in [-0.3, -0.25) is 9.59 Å². The molecule has 0 spiro atoms. The molecule has 0 aliphatic rings. The third-order valence-electron chi connectivity index (χ3n) is 1.60. The molecule has 0 rings (SSSR count). The fraction of sp³-hybridized carbons (Fsp3) is 0.600. The van der Waals surface area contributed by atoms with E-state index < -0.39 is 0 Å². The molecule has 0 N–H and O–H groups in total. The van der Waals surface area contributed by atoms with Crippen molar-refractivity contribution in [3.8, 4) is 0 Å². The van der Waals surface area contributed by atoms with E-state index in [9.17, 15) is 9.59 Å². The second-order valence-corrected chi connectivity index (χ2v) is 3.69. The number of ketones is 1. The maximum atomic E-state index is 10.9. The molecule has 0 saturated heterocycles. The fourth-order valence-corrected chi connectivity index (χ4v) is 0.846. The average molecular weight is 184 g/mol. The number of esters is 1. The van der Waals surface area contributed by atoms with Crippen molar-refractivity contribution in [3.05, 3.63) is 12.2 Å². The lowest BCUT2D eigenvalue weighted by Crippen LogP contribution is -2.15. The van der Waals surface area contributed by atoms with E-state index >= 15 is 0 Å². The van der Waals surface area contributed by atoms with Crippen molar-refractivity contribution in [1.29, 1.82) is 0 Å². The molecule has 0 aliphatic heterocycles. The summed E-state index contributed by atoms with van der Waals surface area (Å²) in [5, 5.41) is 0. The molecule has 13 heavy (non-hydrogen) atoms. The van der Waals surface area contributed by atoms with Gasteiger partial charge in [-0.2, -0.15) is 0 Å². The van der Waals surface area contributed by atoms with E-state index in [1.54, 1.807) is 6.08 Å². The van der Waals surface area contributed by atoms with Gasteiger partial charge in [-0.1, -0.05) is 19.9 Å². The van der Waals surface area contributed by atoms with Crippen LogP contribution < -0.4 is 0 Å². The van der Waals surface area contributed by atoms with E-state index in [-0.39, 0.29) is 23.6 Å². The second-order valence-electron chi connectivity index (χ2n) is 3.69. The number of allylic oxidation sites excluding steroid dienone is 2. The zero-order chi connectivity index (χ0) is 10.5. The van der Waals surface area contributed by atoms with E-state index in [0.29, 0.717) is 0 Å². The monoisotopic (exact) mass is 184 g/mol. The van der Waals surface area contributed by atoms with E-state index in [1.165, 1.54) is 20.1 Å². The number of hydrogen-bond acceptors (Lipinski definition) is 3. The van der Waals surface area contributed by atoms with Crippen LogP contribution in [0.2, 0.25) is 0 Å². The zero-order valence-corrected chi connectivity index (χ0v) is 8.59. The minimum absolute atomic E-state index is 0.0158. The summed E-state index contributed by atoms with van der Waals surface area (Å²) in [6.45, 7) is 5.23.